The minimum atomic E-state index is 0.596. The first-order valence-corrected chi connectivity index (χ1v) is 6.58. The van der Waals surface area contributed by atoms with Crippen LogP contribution in [0.5, 0.6) is 5.75 Å². The SMILES string of the molecule is CCC(CC)C(CN)Cc1ccc(OC)cc1. The van der Waals surface area contributed by atoms with Gasteiger partial charge in [-0.2, -0.15) is 0 Å². The van der Waals surface area contributed by atoms with Crippen LogP contribution in [0, 0.1) is 11.8 Å². The summed E-state index contributed by atoms with van der Waals surface area (Å²) in [5.74, 6) is 2.25. The van der Waals surface area contributed by atoms with Crippen molar-refractivity contribution >= 4 is 0 Å². The van der Waals surface area contributed by atoms with Gasteiger partial charge in [0.25, 0.3) is 0 Å². The number of ether oxygens (including phenoxy) is 1. The Morgan fingerprint density at radius 1 is 1.06 bits per heavy atom. The predicted octanol–water partition coefficient (Wildman–Crippen LogP) is 3.25. The Bertz CT molecular complexity index is 303. The summed E-state index contributed by atoms with van der Waals surface area (Å²) >= 11 is 0. The Hall–Kier alpha value is -1.02. The van der Waals surface area contributed by atoms with Crippen molar-refractivity contribution in [3.8, 4) is 5.75 Å². The van der Waals surface area contributed by atoms with Crippen LogP contribution in [0.1, 0.15) is 32.3 Å². The summed E-state index contributed by atoms with van der Waals surface area (Å²) < 4.78 is 5.17. The van der Waals surface area contributed by atoms with Gasteiger partial charge in [0.15, 0.2) is 0 Å². The fourth-order valence-electron chi connectivity index (χ4n) is 2.46. The van der Waals surface area contributed by atoms with Gasteiger partial charge in [-0.25, -0.2) is 0 Å². The van der Waals surface area contributed by atoms with Crippen molar-refractivity contribution in [1.82, 2.24) is 0 Å². The van der Waals surface area contributed by atoms with E-state index in [2.05, 4.69) is 26.0 Å². The third kappa shape index (κ3) is 4.04. The van der Waals surface area contributed by atoms with Crippen LogP contribution in [0.4, 0.5) is 0 Å². The monoisotopic (exact) mass is 235 g/mol. The van der Waals surface area contributed by atoms with Gasteiger partial charge in [0.1, 0.15) is 5.75 Å². The first-order chi connectivity index (χ1) is 8.24. The van der Waals surface area contributed by atoms with Gasteiger partial charge >= 0.3 is 0 Å². The number of methoxy groups -OCH3 is 1. The molecule has 0 aromatic heterocycles. The second kappa shape index (κ2) is 7.33. The molecule has 2 N–H and O–H groups in total. The minimum Gasteiger partial charge on any atom is -0.497 e. The molecule has 0 aliphatic carbocycles. The highest BCUT2D eigenvalue weighted by molar-refractivity contribution is 5.27. The van der Waals surface area contributed by atoms with E-state index in [-0.39, 0.29) is 0 Å². The Balaban J connectivity index is 2.66. The van der Waals surface area contributed by atoms with Crippen molar-refractivity contribution in [2.75, 3.05) is 13.7 Å². The van der Waals surface area contributed by atoms with Crippen LogP contribution >= 0.6 is 0 Å². The molecule has 1 aromatic carbocycles. The molecule has 1 unspecified atom stereocenters. The number of rotatable bonds is 7. The van der Waals surface area contributed by atoms with Crippen LogP contribution in [-0.2, 0) is 6.42 Å². The summed E-state index contributed by atoms with van der Waals surface area (Å²) in [6, 6.07) is 8.33. The molecule has 0 spiro atoms. The molecule has 17 heavy (non-hydrogen) atoms. The van der Waals surface area contributed by atoms with E-state index in [4.69, 9.17) is 10.5 Å². The standard InChI is InChI=1S/C15H25NO/c1-4-13(5-2)14(11-16)10-12-6-8-15(17-3)9-7-12/h6-9,13-14H,4-5,10-11,16H2,1-3H3. The Morgan fingerprint density at radius 3 is 2.06 bits per heavy atom. The summed E-state index contributed by atoms with van der Waals surface area (Å²) in [5, 5.41) is 0. The van der Waals surface area contributed by atoms with Crippen molar-refractivity contribution < 1.29 is 4.74 Å². The summed E-state index contributed by atoms with van der Waals surface area (Å²) in [5.41, 5.74) is 7.26. The zero-order chi connectivity index (χ0) is 12.7. The summed E-state index contributed by atoms with van der Waals surface area (Å²) in [6.07, 6.45) is 3.51. The number of hydrogen-bond donors (Lipinski definition) is 1. The number of nitrogens with two attached hydrogens (primary N) is 1. The highest BCUT2D eigenvalue weighted by Crippen LogP contribution is 2.23. The van der Waals surface area contributed by atoms with Crippen LogP contribution in [0.15, 0.2) is 24.3 Å². The van der Waals surface area contributed by atoms with Gasteiger partial charge in [-0.3, -0.25) is 0 Å². The molecule has 0 saturated heterocycles. The van der Waals surface area contributed by atoms with Crippen molar-refractivity contribution in [3.05, 3.63) is 29.8 Å². The van der Waals surface area contributed by atoms with Gasteiger partial charge in [-0.15, -0.1) is 0 Å². The Labute approximate surface area is 105 Å². The molecule has 0 saturated carbocycles. The largest absolute Gasteiger partial charge is 0.497 e. The molecule has 2 nitrogen and oxygen atoms in total. The maximum absolute atomic E-state index is 5.90. The molecule has 1 atom stereocenters. The van der Waals surface area contributed by atoms with Crippen molar-refractivity contribution in [2.45, 2.75) is 33.1 Å². The molecule has 0 bridgehead atoms. The molecule has 0 radical (unpaired) electrons. The molecule has 1 aromatic rings. The zero-order valence-electron chi connectivity index (χ0n) is 11.3. The molecule has 0 heterocycles. The molecule has 2 heteroatoms. The fourth-order valence-corrected chi connectivity index (χ4v) is 2.46. The third-order valence-corrected chi connectivity index (χ3v) is 3.68. The van der Waals surface area contributed by atoms with Gasteiger partial charge in [-0.1, -0.05) is 38.8 Å². The van der Waals surface area contributed by atoms with E-state index in [1.807, 2.05) is 12.1 Å². The maximum atomic E-state index is 5.90. The Morgan fingerprint density at radius 2 is 1.65 bits per heavy atom. The quantitative estimate of drug-likeness (QED) is 0.787. The summed E-state index contributed by atoms with van der Waals surface area (Å²) in [4.78, 5) is 0. The topological polar surface area (TPSA) is 35.2 Å². The lowest BCUT2D eigenvalue weighted by Gasteiger charge is -2.24. The van der Waals surface area contributed by atoms with Gasteiger partial charge in [-0.05, 0) is 42.5 Å². The van der Waals surface area contributed by atoms with E-state index in [1.165, 1.54) is 18.4 Å². The first-order valence-electron chi connectivity index (χ1n) is 6.58. The average Bonchev–Trinajstić information content (AvgIpc) is 2.39. The lowest BCUT2D eigenvalue weighted by atomic mass is 9.83. The fraction of sp³-hybridized carbons (Fsp3) is 0.600. The number of benzene rings is 1. The van der Waals surface area contributed by atoms with E-state index in [1.54, 1.807) is 7.11 Å². The second-order valence-corrected chi connectivity index (χ2v) is 4.62. The molecular formula is C15H25NO. The molecule has 0 amide bonds. The number of hydrogen-bond acceptors (Lipinski definition) is 2. The highest BCUT2D eigenvalue weighted by Gasteiger charge is 2.17. The van der Waals surface area contributed by atoms with Gasteiger partial charge in [0.2, 0.25) is 0 Å². The van der Waals surface area contributed by atoms with Crippen LogP contribution < -0.4 is 10.5 Å². The van der Waals surface area contributed by atoms with E-state index < -0.39 is 0 Å². The normalized spacial score (nSPS) is 12.8. The third-order valence-electron chi connectivity index (χ3n) is 3.68. The summed E-state index contributed by atoms with van der Waals surface area (Å²) in [7, 11) is 1.70. The molecular weight excluding hydrogens is 210 g/mol. The van der Waals surface area contributed by atoms with Crippen LogP contribution in [0.25, 0.3) is 0 Å². The Kier molecular flexibility index (Phi) is 6.06. The van der Waals surface area contributed by atoms with E-state index in [0.717, 1.165) is 24.6 Å². The van der Waals surface area contributed by atoms with Crippen molar-refractivity contribution in [2.24, 2.45) is 17.6 Å². The second-order valence-electron chi connectivity index (χ2n) is 4.62. The highest BCUT2D eigenvalue weighted by atomic mass is 16.5. The average molecular weight is 235 g/mol. The van der Waals surface area contributed by atoms with E-state index in [0.29, 0.717) is 5.92 Å². The first kappa shape index (κ1) is 14.0. The van der Waals surface area contributed by atoms with Crippen LogP contribution in [0.2, 0.25) is 0 Å². The molecule has 1 rings (SSSR count). The van der Waals surface area contributed by atoms with E-state index in [9.17, 15) is 0 Å². The van der Waals surface area contributed by atoms with E-state index >= 15 is 0 Å². The molecule has 0 fully saturated rings. The van der Waals surface area contributed by atoms with Crippen molar-refractivity contribution in [1.29, 1.82) is 0 Å². The maximum Gasteiger partial charge on any atom is 0.118 e. The van der Waals surface area contributed by atoms with Crippen LogP contribution in [0.3, 0.4) is 0 Å². The predicted molar refractivity (Wildman–Crippen MR) is 73.3 cm³/mol. The van der Waals surface area contributed by atoms with Gasteiger partial charge < -0.3 is 10.5 Å². The lowest BCUT2D eigenvalue weighted by molar-refractivity contribution is 0.317. The van der Waals surface area contributed by atoms with Crippen LogP contribution in [-0.4, -0.2) is 13.7 Å². The van der Waals surface area contributed by atoms with Gasteiger partial charge in [0, 0.05) is 0 Å². The minimum absolute atomic E-state index is 0.596. The molecule has 0 aliphatic rings. The lowest BCUT2D eigenvalue weighted by Crippen LogP contribution is -2.24. The molecule has 0 aliphatic heterocycles. The summed E-state index contributed by atoms with van der Waals surface area (Å²) in [6.45, 7) is 5.29. The van der Waals surface area contributed by atoms with Crippen molar-refractivity contribution in [3.63, 3.8) is 0 Å². The molecule has 96 valence electrons. The zero-order valence-corrected chi connectivity index (χ0v) is 11.3. The smallest absolute Gasteiger partial charge is 0.118 e. The van der Waals surface area contributed by atoms with Gasteiger partial charge in [0.05, 0.1) is 7.11 Å².